The molecule has 21 heavy (non-hydrogen) atoms. The van der Waals surface area contributed by atoms with Crippen molar-refractivity contribution in [3.8, 4) is 0 Å². The molecule has 3 N–H and O–H groups in total. The van der Waals surface area contributed by atoms with Gasteiger partial charge in [0.15, 0.2) is 0 Å². The van der Waals surface area contributed by atoms with Gasteiger partial charge in [-0.3, -0.25) is 10.8 Å². The Labute approximate surface area is 126 Å². The number of nitrogens with zero attached hydrogens (tertiary/aromatic N) is 1. The van der Waals surface area contributed by atoms with Gasteiger partial charge in [0, 0.05) is 11.8 Å². The van der Waals surface area contributed by atoms with E-state index in [0.717, 1.165) is 12.1 Å². The lowest BCUT2D eigenvalue weighted by Crippen LogP contribution is -2.30. The molecule has 1 aromatic carbocycles. The summed E-state index contributed by atoms with van der Waals surface area (Å²) in [5, 5.41) is 0. The molecule has 1 aromatic heterocycles. The fourth-order valence-corrected chi connectivity index (χ4v) is 2.20. The molecule has 0 spiro atoms. The van der Waals surface area contributed by atoms with Gasteiger partial charge in [-0.15, -0.1) is 0 Å². The first-order chi connectivity index (χ1) is 9.84. The van der Waals surface area contributed by atoms with Crippen molar-refractivity contribution in [1.82, 2.24) is 10.4 Å². The number of benzene rings is 1. The highest BCUT2D eigenvalue weighted by Gasteiger charge is 2.31. The second-order valence-electron chi connectivity index (χ2n) is 4.21. The van der Waals surface area contributed by atoms with Gasteiger partial charge in [0.2, 0.25) is 0 Å². The number of pyridine rings is 1. The Hall–Kier alpha value is -1.51. The molecule has 0 amide bonds. The third kappa shape index (κ3) is 3.39. The first kappa shape index (κ1) is 15.9. The molecule has 1 atom stereocenters. The number of hydrogen-bond donors (Lipinski definition) is 2. The molecule has 1 unspecified atom stereocenters. The average molecular weight is 364 g/mol. The van der Waals surface area contributed by atoms with E-state index in [1.807, 2.05) is 0 Å². The Morgan fingerprint density at radius 2 is 1.90 bits per heavy atom. The van der Waals surface area contributed by atoms with E-state index in [9.17, 15) is 17.6 Å². The van der Waals surface area contributed by atoms with Crippen LogP contribution in [0.25, 0.3) is 0 Å². The van der Waals surface area contributed by atoms with Crippen LogP contribution in [0, 0.1) is 5.82 Å². The molecule has 3 nitrogen and oxygen atoms in total. The Morgan fingerprint density at radius 3 is 2.43 bits per heavy atom. The molecular weight excluding hydrogens is 354 g/mol. The smallest absolute Gasteiger partial charge is 0.271 e. The molecule has 0 aliphatic rings. The number of alkyl halides is 3. The van der Waals surface area contributed by atoms with Gasteiger partial charge in [-0.2, -0.15) is 13.2 Å². The van der Waals surface area contributed by atoms with E-state index in [2.05, 4.69) is 26.3 Å². The Morgan fingerprint density at radius 1 is 1.19 bits per heavy atom. The minimum Gasteiger partial charge on any atom is -0.271 e. The lowest BCUT2D eigenvalue weighted by molar-refractivity contribution is -0.137. The van der Waals surface area contributed by atoms with E-state index >= 15 is 0 Å². The van der Waals surface area contributed by atoms with Crippen molar-refractivity contribution in [3.05, 3.63) is 63.6 Å². The maximum Gasteiger partial charge on any atom is 0.417 e. The summed E-state index contributed by atoms with van der Waals surface area (Å²) in [6.07, 6.45) is -3.78. The summed E-state index contributed by atoms with van der Waals surface area (Å²) in [4.78, 5) is 3.72. The topological polar surface area (TPSA) is 50.9 Å². The zero-order valence-corrected chi connectivity index (χ0v) is 12.0. The quantitative estimate of drug-likeness (QED) is 0.498. The van der Waals surface area contributed by atoms with Crippen LogP contribution < -0.4 is 11.3 Å². The van der Waals surface area contributed by atoms with Crippen LogP contribution >= 0.6 is 15.9 Å². The highest BCUT2D eigenvalue weighted by Crippen LogP contribution is 2.31. The maximum absolute atomic E-state index is 14.0. The molecule has 1 heterocycles. The van der Waals surface area contributed by atoms with Crippen molar-refractivity contribution in [1.29, 1.82) is 0 Å². The lowest BCUT2D eigenvalue weighted by Gasteiger charge is -2.17. The number of hydrazine groups is 1. The van der Waals surface area contributed by atoms with E-state index in [1.54, 1.807) is 6.07 Å². The molecule has 2 rings (SSSR count). The van der Waals surface area contributed by atoms with Crippen LogP contribution in [-0.2, 0) is 6.18 Å². The van der Waals surface area contributed by atoms with Crippen molar-refractivity contribution >= 4 is 15.9 Å². The zero-order chi connectivity index (χ0) is 15.6. The minimum absolute atomic E-state index is 0.180. The first-order valence-electron chi connectivity index (χ1n) is 5.77. The van der Waals surface area contributed by atoms with Gasteiger partial charge >= 0.3 is 6.18 Å². The van der Waals surface area contributed by atoms with Crippen LogP contribution in [0.2, 0.25) is 0 Å². The number of nitrogens with two attached hydrogens (primary N) is 1. The summed E-state index contributed by atoms with van der Waals surface area (Å²) < 4.78 is 51.8. The third-order valence-corrected chi connectivity index (χ3v) is 3.48. The van der Waals surface area contributed by atoms with Crippen molar-refractivity contribution in [2.45, 2.75) is 12.2 Å². The second kappa shape index (κ2) is 6.08. The van der Waals surface area contributed by atoms with Crippen molar-refractivity contribution in [3.63, 3.8) is 0 Å². The summed E-state index contributed by atoms with van der Waals surface area (Å²) in [5.41, 5.74) is 1.84. The third-order valence-electron chi connectivity index (χ3n) is 2.87. The van der Waals surface area contributed by atoms with E-state index in [-0.39, 0.29) is 15.7 Å². The molecule has 8 heteroatoms. The van der Waals surface area contributed by atoms with Gasteiger partial charge in [0.1, 0.15) is 5.82 Å². The zero-order valence-electron chi connectivity index (χ0n) is 10.5. The first-order valence-corrected chi connectivity index (χ1v) is 6.57. The van der Waals surface area contributed by atoms with Crippen molar-refractivity contribution in [2.24, 2.45) is 5.84 Å². The number of hydrogen-bond acceptors (Lipinski definition) is 3. The van der Waals surface area contributed by atoms with Gasteiger partial charge in [0.25, 0.3) is 0 Å². The summed E-state index contributed by atoms with van der Waals surface area (Å²) in [6.45, 7) is 0. The maximum atomic E-state index is 14.0. The minimum atomic E-state index is -4.47. The summed E-state index contributed by atoms with van der Waals surface area (Å²) >= 11 is 3.04. The molecule has 0 saturated carbocycles. The Balaban J connectivity index is 2.40. The molecule has 0 saturated heterocycles. The average Bonchev–Trinajstić information content (AvgIpc) is 2.44. The Bertz CT molecular complexity index is 628. The fraction of sp³-hybridized carbons (Fsp3) is 0.154. The van der Waals surface area contributed by atoms with Crippen LogP contribution in [-0.4, -0.2) is 4.98 Å². The van der Waals surface area contributed by atoms with Crippen molar-refractivity contribution in [2.75, 3.05) is 0 Å². The summed E-state index contributed by atoms with van der Waals surface area (Å²) in [6, 6.07) is 5.76. The highest BCUT2D eigenvalue weighted by atomic mass is 79.9. The number of nitrogens with one attached hydrogen (secondary N) is 1. The molecule has 0 aliphatic carbocycles. The van der Waals surface area contributed by atoms with E-state index in [4.69, 9.17) is 5.84 Å². The summed E-state index contributed by atoms with van der Waals surface area (Å²) in [5.74, 6) is 4.83. The van der Waals surface area contributed by atoms with Crippen LogP contribution in [0.1, 0.15) is 22.9 Å². The van der Waals surface area contributed by atoms with Gasteiger partial charge in [0.05, 0.1) is 21.8 Å². The van der Waals surface area contributed by atoms with Crippen LogP contribution in [0.5, 0.6) is 0 Å². The van der Waals surface area contributed by atoms with Gasteiger partial charge < -0.3 is 0 Å². The van der Waals surface area contributed by atoms with E-state index < -0.39 is 23.6 Å². The van der Waals surface area contributed by atoms with Crippen LogP contribution in [0.3, 0.4) is 0 Å². The fourth-order valence-electron chi connectivity index (χ4n) is 1.82. The monoisotopic (exact) mass is 363 g/mol. The van der Waals surface area contributed by atoms with E-state index in [0.29, 0.717) is 6.20 Å². The van der Waals surface area contributed by atoms with E-state index in [1.165, 1.54) is 12.1 Å². The van der Waals surface area contributed by atoms with Crippen LogP contribution in [0.4, 0.5) is 17.6 Å². The standard InChI is InChI=1S/C13H10BrF4N3/c14-9-3-1-2-8(11(9)15)12(21-19)10-5-4-7(6-20-10)13(16,17)18/h1-6,12,21H,19H2. The molecule has 112 valence electrons. The number of rotatable bonds is 3. The summed E-state index contributed by atoms with van der Waals surface area (Å²) in [7, 11) is 0. The molecular formula is C13H10BrF4N3. The lowest BCUT2D eigenvalue weighted by atomic mass is 10.0. The molecule has 0 bridgehead atoms. The highest BCUT2D eigenvalue weighted by molar-refractivity contribution is 9.10. The molecule has 2 aromatic rings. The molecule has 0 aliphatic heterocycles. The second-order valence-corrected chi connectivity index (χ2v) is 5.07. The predicted octanol–water partition coefficient (Wildman–Crippen LogP) is 3.55. The van der Waals surface area contributed by atoms with Crippen LogP contribution in [0.15, 0.2) is 41.0 Å². The Kier molecular flexibility index (Phi) is 4.60. The van der Waals surface area contributed by atoms with Crippen molar-refractivity contribution < 1.29 is 17.6 Å². The largest absolute Gasteiger partial charge is 0.417 e. The predicted molar refractivity (Wildman–Crippen MR) is 72.5 cm³/mol. The number of halogens is 5. The van der Waals surface area contributed by atoms with Gasteiger partial charge in [-0.25, -0.2) is 9.82 Å². The van der Waals surface area contributed by atoms with Gasteiger partial charge in [-0.05, 0) is 34.1 Å². The molecule has 0 fully saturated rings. The van der Waals surface area contributed by atoms with Gasteiger partial charge in [-0.1, -0.05) is 12.1 Å². The normalized spacial score (nSPS) is 13.2. The SMILES string of the molecule is NNC(c1ccc(C(F)(F)F)cn1)c1cccc(Br)c1F. The molecule has 0 radical (unpaired) electrons. The number of aromatic nitrogens is 1.